The highest BCUT2D eigenvalue weighted by Gasteiger charge is 2.22. The van der Waals surface area contributed by atoms with E-state index in [9.17, 15) is 0 Å². The van der Waals surface area contributed by atoms with Gasteiger partial charge in [0.1, 0.15) is 31.2 Å². The molecule has 0 unspecified atom stereocenters. The Morgan fingerprint density at radius 1 is 1.06 bits per heavy atom. The zero-order valence-corrected chi connectivity index (χ0v) is 17.1. The minimum Gasteiger partial charge on any atom is -0.484 e. The van der Waals surface area contributed by atoms with Crippen LogP contribution in [-0.2, 0) is 0 Å². The van der Waals surface area contributed by atoms with Gasteiger partial charge < -0.3 is 20.1 Å². The van der Waals surface area contributed by atoms with E-state index in [1.807, 2.05) is 36.5 Å². The summed E-state index contributed by atoms with van der Waals surface area (Å²) in [7, 11) is 0. The number of hydrogen-bond acceptors (Lipinski definition) is 8. The van der Waals surface area contributed by atoms with Crippen LogP contribution >= 0.6 is 0 Å². The van der Waals surface area contributed by atoms with Crippen molar-refractivity contribution in [1.82, 2.24) is 19.9 Å². The molecular weight excluding hydrogens is 392 g/mol. The summed E-state index contributed by atoms with van der Waals surface area (Å²) in [6.45, 7) is 5.62. The second-order valence-electron chi connectivity index (χ2n) is 7.59. The van der Waals surface area contributed by atoms with Crippen molar-refractivity contribution >= 4 is 11.6 Å². The van der Waals surface area contributed by atoms with Crippen LogP contribution in [0.15, 0.2) is 55.6 Å². The molecular formula is C23H24N6O2. The zero-order chi connectivity index (χ0) is 21.0. The zero-order valence-electron chi connectivity index (χ0n) is 17.1. The Morgan fingerprint density at radius 2 is 1.97 bits per heavy atom. The van der Waals surface area contributed by atoms with E-state index in [0.717, 1.165) is 28.5 Å². The maximum atomic E-state index is 5.80. The second kappa shape index (κ2) is 8.59. The third kappa shape index (κ3) is 4.42. The average Bonchev–Trinajstić information content (AvgIpc) is 3.64. The van der Waals surface area contributed by atoms with Crippen molar-refractivity contribution in [2.75, 3.05) is 30.4 Å². The first-order chi connectivity index (χ1) is 15.3. The predicted molar refractivity (Wildman–Crippen MR) is 119 cm³/mol. The number of nitrogens with zero attached hydrogens (tertiary/aromatic N) is 4. The van der Waals surface area contributed by atoms with E-state index in [4.69, 9.17) is 9.47 Å². The standard InChI is InChI=1S/C23H24N6O2/c1-2-15(18-7-8-24-23-22(18)30-9-10-31-23)12-26-21-11-19(27-14-28-21)16-3-6-20(25-13-16)29-17-4-5-17/h2-3,6-8,11,13-15,17H,1,4-5,9-10,12H2,(H,25,29)(H,26,27,28)/t15-/m1/s1. The third-order valence-corrected chi connectivity index (χ3v) is 5.31. The van der Waals surface area contributed by atoms with Gasteiger partial charge in [0, 0.05) is 48.1 Å². The van der Waals surface area contributed by atoms with Crippen molar-refractivity contribution in [2.45, 2.75) is 24.8 Å². The van der Waals surface area contributed by atoms with Crippen molar-refractivity contribution in [2.24, 2.45) is 0 Å². The van der Waals surface area contributed by atoms with Crippen LogP contribution in [0.1, 0.15) is 24.3 Å². The summed E-state index contributed by atoms with van der Waals surface area (Å²) in [5, 5.41) is 6.78. The SMILES string of the molecule is C=C[C@H](CNc1cc(-c2ccc(NC3CC3)nc2)ncn1)c1ccnc2c1OCCO2. The Labute approximate surface area is 180 Å². The van der Waals surface area contributed by atoms with Crippen LogP contribution in [-0.4, -0.2) is 45.7 Å². The highest BCUT2D eigenvalue weighted by molar-refractivity contribution is 5.62. The smallest absolute Gasteiger partial charge is 0.257 e. The normalized spacial score (nSPS) is 15.7. The molecule has 0 bridgehead atoms. The summed E-state index contributed by atoms with van der Waals surface area (Å²) >= 11 is 0. The van der Waals surface area contributed by atoms with E-state index in [0.29, 0.717) is 37.4 Å². The van der Waals surface area contributed by atoms with Crippen LogP contribution < -0.4 is 20.1 Å². The summed E-state index contributed by atoms with van der Waals surface area (Å²) in [6, 6.07) is 8.46. The van der Waals surface area contributed by atoms with Gasteiger partial charge in [-0.1, -0.05) is 6.08 Å². The van der Waals surface area contributed by atoms with Gasteiger partial charge in [0.25, 0.3) is 5.88 Å². The summed E-state index contributed by atoms with van der Waals surface area (Å²) < 4.78 is 11.4. The van der Waals surface area contributed by atoms with Crippen LogP contribution in [0, 0.1) is 0 Å². The van der Waals surface area contributed by atoms with Gasteiger partial charge in [-0.05, 0) is 31.0 Å². The summed E-state index contributed by atoms with van der Waals surface area (Å²) in [6.07, 6.45) is 9.45. The number of fused-ring (bicyclic) bond motifs is 1. The van der Waals surface area contributed by atoms with Gasteiger partial charge in [-0.3, -0.25) is 0 Å². The van der Waals surface area contributed by atoms with Crippen LogP contribution in [0.4, 0.5) is 11.6 Å². The van der Waals surface area contributed by atoms with E-state index in [1.54, 1.807) is 12.5 Å². The van der Waals surface area contributed by atoms with Gasteiger partial charge in [-0.25, -0.2) is 19.9 Å². The quantitative estimate of drug-likeness (QED) is 0.538. The highest BCUT2D eigenvalue weighted by Crippen LogP contribution is 2.36. The first-order valence-electron chi connectivity index (χ1n) is 10.5. The molecule has 1 saturated carbocycles. The Kier molecular flexibility index (Phi) is 5.35. The first kappa shape index (κ1) is 19.3. The Bertz CT molecular complexity index is 1070. The van der Waals surface area contributed by atoms with Crippen LogP contribution in [0.25, 0.3) is 11.3 Å². The molecule has 8 heteroatoms. The molecule has 0 amide bonds. The predicted octanol–water partition coefficient (Wildman–Crippen LogP) is 3.66. The molecule has 0 aromatic carbocycles. The first-order valence-corrected chi connectivity index (χ1v) is 10.5. The fraction of sp³-hybridized carbons (Fsp3) is 0.304. The molecule has 5 rings (SSSR count). The molecule has 4 heterocycles. The van der Waals surface area contributed by atoms with Crippen molar-refractivity contribution in [3.8, 4) is 22.9 Å². The molecule has 1 fully saturated rings. The van der Waals surface area contributed by atoms with Gasteiger partial charge in [0.2, 0.25) is 0 Å². The van der Waals surface area contributed by atoms with E-state index in [1.165, 1.54) is 12.8 Å². The third-order valence-electron chi connectivity index (χ3n) is 5.31. The van der Waals surface area contributed by atoms with E-state index >= 15 is 0 Å². The molecule has 31 heavy (non-hydrogen) atoms. The molecule has 158 valence electrons. The minimum absolute atomic E-state index is 0.00585. The fourth-order valence-electron chi connectivity index (χ4n) is 3.48. The van der Waals surface area contributed by atoms with Gasteiger partial charge in [0.15, 0.2) is 5.75 Å². The lowest BCUT2D eigenvalue weighted by Crippen LogP contribution is -2.20. The number of aromatic nitrogens is 4. The van der Waals surface area contributed by atoms with Gasteiger partial charge in [-0.15, -0.1) is 6.58 Å². The molecule has 2 aliphatic rings. The Balaban J connectivity index is 1.29. The van der Waals surface area contributed by atoms with E-state index in [-0.39, 0.29) is 5.92 Å². The molecule has 0 radical (unpaired) electrons. The van der Waals surface area contributed by atoms with Gasteiger partial charge in [0.05, 0.1) is 5.69 Å². The average molecular weight is 416 g/mol. The van der Waals surface area contributed by atoms with Crippen molar-refractivity contribution in [3.05, 3.63) is 61.2 Å². The maximum Gasteiger partial charge on any atom is 0.257 e. The lowest BCUT2D eigenvalue weighted by atomic mass is 9.99. The van der Waals surface area contributed by atoms with E-state index < -0.39 is 0 Å². The largest absolute Gasteiger partial charge is 0.484 e. The Morgan fingerprint density at radius 3 is 2.77 bits per heavy atom. The van der Waals surface area contributed by atoms with Crippen LogP contribution in [0.3, 0.4) is 0 Å². The van der Waals surface area contributed by atoms with Crippen molar-refractivity contribution in [1.29, 1.82) is 0 Å². The van der Waals surface area contributed by atoms with E-state index in [2.05, 4.69) is 37.1 Å². The molecule has 0 saturated heterocycles. The van der Waals surface area contributed by atoms with Crippen molar-refractivity contribution < 1.29 is 9.47 Å². The maximum absolute atomic E-state index is 5.80. The molecule has 3 aromatic heterocycles. The minimum atomic E-state index is 0.00585. The molecule has 3 aromatic rings. The number of anilines is 2. The number of rotatable bonds is 8. The topological polar surface area (TPSA) is 94.1 Å². The fourth-order valence-corrected chi connectivity index (χ4v) is 3.48. The number of pyridine rings is 2. The van der Waals surface area contributed by atoms with Crippen molar-refractivity contribution in [3.63, 3.8) is 0 Å². The monoisotopic (exact) mass is 416 g/mol. The van der Waals surface area contributed by atoms with Crippen LogP contribution in [0.2, 0.25) is 0 Å². The molecule has 1 aliphatic carbocycles. The number of hydrogen-bond donors (Lipinski definition) is 2. The Hall–Kier alpha value is -3.68. The van der Waals surface area contributed by atoms with Gasteiger partial charge >= 0.3 is 0 Å². The molecule has 8 nitrogen and oxygen atoms in total. The molecule has 1 atom stereocenters. The lowest BCUT2D eigenvalue weighted by molar-refractivity contribution is 0.162. The van der Waals surface area contributed by atoms with Crippen LogP contribution in [0.5, 0.6) is 11.6 Å². The highest BCUT2D eigenvalue weighted by atomic mass is 16.6. The molecule has 1 aliphatic heterocycles. The summed E-state index contributed by atoms with van der Waals surface area (Å²) in [5.74, 6) is 2.87. The number of nitrogens with one attached hydrogen (secondary N) is 2. The summed E-state index contributed by atoms with van der Waals surface area (Å²) in [4.78, 5) is 17.5. The summed E-state index contributed by atoms with van der Waals surface area (Å²) in [5.41, 5.74) is 2.75. The molecule has 0 spiro atoms. The van der Waals surface area contributed by atoms with Gasteiger partial charge in [-0.2, -0.15) is 0 Å². The second-order valence-corrected chi connectivity index (χ2v) is 7.59. The lowest BCUT2D eigenvalue weighted by Gasteiger charge is -2.23. The number of ether oxygens (including phenoxy) is 2. The molecule has 2 N–H and O–H groups in total.